The summed E-state index contributed by atoms with van der Waals surface area (Å²) in [5.41, 5.74) is -0.845. The Labute approximate surface area is 137 Å². The smallest absolute Gasteiger partial charge is 0.422 e. The lowest BCUT2D eigenvalue weighted by atomic mass is 10.2. The molecule has 1 aromatic rings. The van der Waals surface area contributed by atoms with E-state index in [4.69, 9.17) is 0 Å². The van der Waals surface area contributed by atoms with Crippen LogP contribution in [0.5, 0.6) is 0 Å². The number of carbonyl (C=O) groups is 2. The largest absolute Gasteiger partial charge is 0.480 e. The number of amides is 1. The van der Waals surface area contributed by atoms with Crippen molar-refractivity contribution in [2.75, 3.05) is 19.0 Å². The van der Waals surface area contributed by atoms with Gasteiger partial charge >= 0.3 is 12.1 Å². The number of anilines is 1. The summed E-state index contributed by atoms with van der Waals surface area (Å²) in [6.45, 7) is -1.90. The Kier molecular flexibility index (Phi) is 6.43. The highest BCUT2D eigenvalue weighted by Gasteiger charge is 2.33. The molecule has 2 N–H and O–H groups in total. The van der Waals surface area contributed by atoms with Crippen LogP contribution >= 0.6 is 15.9 Å². The number of methoxy groups -OCH3 is 1. The first-order valence-electron chi connectivity index (χ1n) is 5.92. The standard InChI is InChI=1S/C13H11BrF3NO5/c1-22-11(20)9(12(21)23-6-13(15,16)17)10(19)18-8-4-2-7(14)3-5-8/h2-5,20H,6H2,1H3,(H,18,19)/b11-9+. The molecule has 0 fully saturated rings. The minimum Gasteiger partial charge on any atom is -0.480 e. The molecule has 0 unspecified atom stereocenters. The monoisotopic (exact) mass is 397 g/mol. The second kappa shape index (κ2) is 7.86. The second-order valence-corrected chi connectivity index (χ2v) is 4.95. The fourth-order valence-corrected chi connectivity index (χ4v) is 1.59. The average Bonchev–Trinajstić information content (AvgIpc) is 2.46. The van der Waals surface area contributed by atoms with Crippen LogP contribution in [0.15, 0.2) is 40.3 Å². The summed E-state index contributed by atoms with van der Waals surface area (Å²) in [4.78, 5) is 23.5. The first-order valence-corrected chi connectivity index (χ1v) is 6.71. The van der Waals surface area contributed by atoms with Crippen molar-refractivity contribution in [3.05, 3.63) is 40.3 Å². The van der Waals surface area contributed by atoms with Crippen molar-refractivity contribution in [1.29, 1.82) is 0 Å². The minimum absolute atomic E-state index is 0.239. The molecule has 0 aliphatic carbocycles. The zero-order valence-electron chi connectivity index (χ0n) is 11.6. The highest BCUT2D eigenvalue weighted by Crippen LogP contribution is 2.18. The van der Waals surface area contributed by atoms with Gasteiger partial charge in [-0.3, -0.25) is 4.79 Å². The van der Waals surface area contributed by atoms with E-state index in [-0.39, 0.29) is 5.69 Å². The molecular weight excluding hydrogens is 387 g/mol. The molecule has 0 saturated carbocycles. The average molecular weight is 398 g/mol. The minimum atomic E-state index is -4.77. The lowest BCUT2D eigenvalue weighted by Crippen LogP contribution is -2.28. The topological polar surface area (TPSA) is 84.9 Å². The van der Waals surface area contributed by atoms with E-state index < -0.39 is 36.2 Å². The van der Waals surface area contributed by atoms with Gasteiger partial charge in [0.2, 0.25) is 5.57 Å². The van der Waals surface area contributed by atoms with Crippen molar-refractivity contribution in [3.8, 4) is 0 Å². The van der Waals surface area contributed by atoms with E-state index in [0.717, 1.165) is 11.6 Å². The maximum absolute atomic E-state index is 12.1. The van der Waals surface area contributed by atoms with Crippen molar-refractivity contribution < 1.29 is 37.3 Å². The summed E-state index contributed by atoms with van der Waals surface area (Å²) in [5.74, 6) is -4.01. The normalized spacial score (nSPS) is 12.2. The van der Waals surface area contributed by atoms with Crippen LogP contribution in [0.3, 0.4) is 0 Å². The Morgan fingerprint density at radius 3 is 2.30 bits per heavy atom. The molecule has 10 heteroatoms. The number of rotatable bonds is 5. The Morgan fingerprint density at radius 1 is 1.26 bits per heavy atom. The van der Waals surface area contributed by atoms with Gasteiger partial charge in [0.05, 0.1) is 7.11 Å². The molecule has 1 rings (SSSR count). The number of aliphatic hydroxyl groups is 1. The van der Waals surface area contributed by atoms with Gasteiger partial charge in [0.15, 0.2) is 6.61 Å². The maximum atomic E-state index is 12.1. The van der Waals surface area contributed by atoms with Crippen LogP contribution in [0.25, 0.3) is 0 Å². The number of hydrogen-bond donors (Lipinski definition) is 2. The Hall–Kier alpha value is -2.23. The third-order valence-corrected chi connectivity index (χ3v) is 2.84. The first kappa shape index (κ1) is 18.8. The van der Waals surface area contributed by atoms with Crippen LogP contribution in [0.1, 0.15) is 0 Å². The number of ether oxygens (including phenoxy) is 2. The molecule has 6 nitrogen and oxygen atoms in total. The zero-order valence-corrected chi connectivity index (χ0v) is 13.2. The van der Waals surface area contributed by atoms with Crippen molar-refractivity contribution in [2.45, 2.75) is 6.18 Å². The summed E-state index contributed by atoms with van der Waals surface area (Å²) in [5, 5.41) is 11.6. The van der Waals surface area contributed by atoms with E-state index in [9.17, 15) is 27.9 Å². The van der Waals surface area contributed by atoms with Crippen molar-refractivity contribution in [1.82, 2.24) is 0 Å². The first-order chi connectivity index (χ1) is 10.6. The predicted octanol–water partition coefficient (Wildman–Crippen LogP) is 2.91. The molecule has 1 amide bonds. The number of nitrogens with one attached hydrogen (secondary N) is 1. The van der Waals surface area contributed by atoms with E-state index in [1.165, 1.54) is 12.1 Å². The highest BCUT2D eigenvalue weighted by molar-refractivity contribution is 9.10. The number of carbonyl (C=O) groups excluding carboxylic acids is 2. The zero-order chi connectivity index (χ0) is 17.6. The van der Waals surface area contributed by atoms with Gasteiger partial charge in [0.1, 0.15) is 0 Å². The Morgan fingerprint density at radius 2 is 1.83 bits per heavy atom. The molecule has 1 aromatic carbocycles. The molecule has 0 aromatic heterocycles. The molecule has 23 heavy (non-hydrogen) atoms. The number of benzene rings is 1. The van der Waals surface area contributed by atoms with E-state index in [1.54, 1.807) is 12.1 Å². The van der Waals surface area contributed by atoms with E-state index in [2.05, 4.69) is 30.7 Å². The number of alkyl halides is 3. The molecule has 0 atom stereocenters. The van der Waals surface area contributed by atoms with Crippen LogP contribution in [-0.2, 0) is 19.1 Å². The quantitative estimate of drug-likeness (QED) is 0.262. The van der Waals surface area contributed by atoms with E-state index in [0.29, 0.717) is 0 Å². The lowest BCUT2D eigenvalue weighted by molar-refractivity contribution is -0.184. The van der Waals surface area contributed by atoms with Crippen molar-refractivity contribution in [2.24, 2.45) is 0 Å². The van der Waals surface area contributed by atoms with Crippen molar-refractivity contribution in [3.63, 3.8) is 0 Å². The molecule has 0 saturated heterocycles. The van der Waals surface area contributed by atoms with Gasteiger partial charge in [0, 0.05) is 10.2 Å². The van der Waals surface area contributed by atoms with Crippen LogP contribution in [0.2, 0.25) is 0 Å². The highest BCUT2D eigenvalue weighted by atomic mass is 79.9. The maximum Gasteiger partial charge on any atom is 0.422 e. The molecule has 0 heterocycles. The predicted molar refractivity (Wildman–Crippen MR) is 76.4 cm³/mol. The van der Waals surface area contributed by atoms with Crippen LogP contribution in [0.4, 0.5) is 18.9 Å². The Balaban J connectivity index is 2.92. The fraction of sp³-hybridized carbons (Fsp3) is 0.231. The van der Waals surface area contributed by atoms with Gasteiger partial charge in [0.25, 0.3) is 11.9 Å². The van der Waals surface area contributed by atoms with Crippen molar-refractivity contribution >= 4 is 33.5 Å². The summed E-state index contributed by atoms with van der Waals surface area (Å²) in [6, 6.07) is 6.09. The number of aliphatic hydroxyl groups excluding tert-OH is 1. The van der Waals surface area contributed by atoms with Crippen LogP contribution < -0.4 is 5.32 Å². The molecule has 0 aliphatic heterocycles. The summed E-state index contributed by atoms with van der Waals surface area (Å²) in [6.07, 6.45) is -4.77. The van der Waals surface area contributed by atoms with Gasteiger partial charge < -0.3 is 19.9 Å². The number of halogens is 4. The molecule has 0 bridgehead atoms. The van der Waals surface area contributed by atoms with Gasteiger partial charge in [-0.1, -0.05) is 15.9 Å². The third kappa shape index (κ3) is 6.19. The summed E-state index contributed by atoms with van der Waals surface area (Å²) < 4.78 is 45.2. The molecule has 0 aliphatic rings. The summed E-state index contributed by atoms with van der Waals surface area (Å²) >= 11 is 3.17. The SMILES string of the molecule is CO/C(O)=C(\C(=O)Nc1ccc(Br)cc1)C(=O)OCC(F)(F)F. The van der Waals surface area contributed by atoms with Gasteiger partial charge in [-0.25, -0.2) is 4.79 Å². The fourth-order valence-electron chi connectivity index (χ4n) is 1.33. The van der Waals surface area contributed by atoms with Crippen LogP contribution in [-0.4, -0.2) is 36.9 Å². The number of esters is 1. The number of hydrogen-bond acceptors (Lipinski definition) is 5. The second-order valence-electron chi connectivity index (χ2n) is 4.04. The van der Waals surface area contributed by atoms with Gasteiger partial charge in [-0.15, -0.1) is 0 Å². The molecule has 0 spiro atoms. The molecular formula is C13H11BrF3NO5. The third-order valence-electron chi connectivity index (χ3n) is 2.31. The molecule has 126 valence electrons. The van der Waals surface area contributed by atoms with Gasteiger partial charge in [-0.2, -0.15) is 13.2 Å². The van der Waals surface area contributed by atoms with E-state index in [1.807, 2.05) is 0 Å². The van der Waals surface area contributed by atoms with Crippen LogP contribution in [0, 0.1) is 0 Å². The summed E-state index contributed by atoms with van der Waals surface area (Å²) in [7, 11) is 0.930. The van der Waals surface area contributed by atoms with E-state index >= 15 is 0 Å². The Bertz CT molecular complexity index is 613. The lowest BCUT2D eigenvalue weighted by Gasteiger charge is -2.11. The van der Waals surface area contributed by atoms with Gasteiger partial charge in [-0.05, 0) is 24.3 Å². The molecule has 0 radical (unpaired) electrons.